The minimum atomic E-state index is -2.95. The number of amides is 1. The van der Waals surface area contributed by atoms with Crippen LogP contribution >= 0.6 is 0 Å². The quantitative estimate of drug-likeness (QED) is 0.831. The SMILES string of the molecule is Cc1ccc2c(c1)N(C1CCS(=O)(=O)C1)CC(=O)N2. The maximum atomic E-state index is 11.7. The number of carbonyl (C=O) groups is 1. The predicted octanol–water partition coefficient (Wildman–Crippen LogP) is 0.941. The summed E-state index contributed by atoms with van der Waals surface area (Å²) in [4.78, 5) is 13.7. The highest BCUT2D eigenvalue weighted by Gasteiger charge is 2.35. The zero-order valence-corrected chi connectivity index (χ0v) is 11.5. The van der Waals surface area contributed by atoms with Crippen LogP contribution in [0.25, 0.3) is 0 Å². The van der Waals surface area contributed by atoms with E-state index in [2.05, 4.69) is 5.32 Å². The van der Waals surface area contributed by atoms with E-state index in [1.54, 1.807) is 0 Å². The smallest absolute Gasteiger partial charge is 0.243 e. The summed E-state index contributed by atoms with van der Waals surface area (Å²) in [6.45, 7) is 2.22. The number of carbonyl (C=O) groups excluding carboxylic acids is 1. The topological polar surface area (TPSA) is 66.5 Å². The van der Waals surface area contributed by atoms with Gasteiger partial charge in [0.15, 0.2) is 9.84 Å². The molecule has 0 saturated carbocycles. The van der Waals surface area contributed by atoms with E-state index >= 15 is 0 Å². The lowest BCUT2D eigenvalue weighted by atomic mass is 10.1. The molecular formula is C13H16N2O3S. The second-order valence-electron chi connectivity index (χ2n) is 5.25. The Labute approximate surface area is 112 Å². The molecule has 2 aliphatic heterocycles. The van der Waals surface area contributed by atoms with Gasteiger partial charge in [0.1, 0.15) is 0 Å². The Morgan fingerprint density at radius 1 is 1.37 bits per heavy atom. The van der Waals surface area contributed by atoms with Crippen molar-refractivity contribution < 1.29 is 13.2 Å². The van der Waals surface area contributed by atoms with E-state index in [0.29, 0.717) is 6.42 Å². The van der Waals surface area contributed by atoms with Crippen molar-refractivity contribution in [1.29, 1.82) is 0 Å². The minimum Gasteiger partial charge on any atom is -0.356 e. The van der Waals surface area contributed by atoms with Gasteiger partial charge in [-0.3, -0.25) is 4.79 Å². The Morgan fingerprint density at radius 2 is 2.16 bits per heavy atom. The molecule has 6 heteroatoms. The molecular weight excluding hydrogens is 264 g/mol. The van der Waals surface area contributed by atoms with Gasteiger partial charge in [0.2, 0.25) is 5.91 Å². The molecule has 3 rings (SSSR count). The lowest BCUT2D eigenvalue weighted by Crippen LogP contribution is -2.45. The molecule has 0 bridgehead atoms. The van der Waals surface area contributed by atoms with Crippen LogP contribution in [-0.4, -0.2) is 38.4 Å². The highest BCUT2D eigenvalue weighted by Crippen LogP contribution is 2.34. The molecule has 1 atom stereocenters. The highest BCUT2D eigenvalue weighted by atomic mass is 32.2. The van der Waals surface area contributed by atoms with Crippen molar-refractivity contribution >= 4 is 27.1 Å². The molecule has 2 aliphatic rings. The number of benzene rings is 1. The molecule has 5 nitrogen and oxygen atoms in total. The van der Waals surface area contributed by atoms with Crippen molar-refractivity contribution in [3.05, 3.63) is 23.8 Å². The number of fused-ring (bicyclic) bond motifs is 1. The van der Waals surface area contributed by atoms with E-state index in [4.69, 9.17) is 0 Å². The van der Waals surface area contributed by atoms with Crippen molar-refractivity contribution in [2.24, 2.45) is 0 Å². The molecule has 0 radical (unpaired) electrons. The zero-order chi connectivity index (χ0) is 13.6. The summed E-state index contributed by atoms with van der Waals surface area (Å²) in [5.74, 6) is 0.283. The summed E-state index contributed by atoms with van der Waals surface area (Å²) in [5.41, 5.74) is 2.80. The van der Waals surface area contributed by atoms with Crippen LogP contribution in [0.5, 0.6) is 0 Å². The van der Waals surface area contributed by atoms with Crippen LogP contribution in [0.4, 0.5) is 11.4 Å². The Morgan fingerprint density at radius 3 is 2.84 bits per heavy atom. The Balaban J connectivity index is 1.99. The average Bonchev–Trinajstić information content (AvgIpc) is 2.69. The molecule has 1 saturated heterocycles. The van der Waals surface area contributed by atoms with Crippen LogP contribution in [0.15, 0.2) is 18.2 Å². The van der Waals surface area contributed by atoms with Gasteiger partial charge in [0.05, 0.1) is 29.4 Å². The van der Waals surface area contributed by atoms with Crippen LogP contribution < -0.4 is 10.2 Å². The van der Waals surface area contributed by atoms with Gasteiger partial charge in [0.25, 0.3) is 0 Å². The Bertz CT molecular complexity index is 639. The highest BCUT2D eigenvalue weighted by molar-refractivity contribution is 7.91. The normalized spacial score (nSPS) is 25.0. The number of anilines is 2. The summed E-state index contributed by atoms with van der Waals surface area (Å²) in [5, 5.41) is 2.83. The first-order valence-corrected chi connectivity index (χ1v) is 8.14. The van der Waals surface area contributed by atoms with Gasteiger partial charge in [-0.1, -0.05) is 6.07 Å². The second kappa shape index (κ2) is 4.23. The number of sulfone groups is 1. The monoisotopic (exact) mass is 280 g/mol. The summed E-state index contributed by atoms with van der Waals surface area (Å²) in [6, 6.07) is 5.72. The summed E-state index contributed by atoms with van der Waals surface area (Å²) in [6.07, 6.45) is 0.600. The summed E-state index contributed by atoms with van der Waals surface area (Å²) < 4.78 is 23.2. The molecule has 2 heterocycles. The van der Waals surface area contributed by atoms with E-state index in [1.807, 2.05) is 30.0 Å². The average molecular weight is 280 g/mol. The third-order valence-corrected chi connectivity index (χ3v) is 5.45. The molecule has 19 heavy (non-hydrogen) atoms. The fourth-order valence-electron chi connectivity index (χ4n) is 2.76. The van der Waals surface area contributed by atoms with Crippen molar-refractivity contribution in [2.45, 2.75) is 19.4 Å². The molecule has 102 valence electrons. The molecule has 1 aromatic rings. The third kappa shape index (κ3) is 2.32. The molecule has 1 unspecified atom stereocenters. The zero-order valence-electron chi connectivity index (χ0n) is 10.7. The summed E-state index contributed by atoms with van der Waals surface area (Å²) >= 11 is 0. The maximum absolute atomic E-state index is 11.7. The minimum absolute atomic E-state index is 0.0827. The predicted molar refractivity (Wildman–Crippen MR) is 74.2 cm³/mol. The van der Waals surface area contributed by atoms with Gasteiger partial charge < -0.3 is 10.2 Å². The largest absolute Gasteiger partial charge is 0.356 e. The van der Waals surface area contributed by atoms with E-state index in [9.17, 15) is 13.2 Å². The first-order chi connectivity index (χ1) is 8.94. The standard InChI is InChI=1S/C13H16N2O3S/c1-9-2-3-11-12(6-9)15(7-13(16)14-11)10-4-5-19(17,18)8-10/h2-3,6,10H,4-5,7-8H2,1H3,(H,14,16). The van der Waals surface area contributed by atoms with Crippen molar-refractivity contribution in [2.75, 3.05) is 28.3 Å². The number of hydrogen-bond donors (Lipinski definition) is 1. The third-order valence-electron chi connectivity index (χ3n) is 3.70. The molecule has 0 aromatic heterocycles. The van der Waals surface area contributed by atoms with Crippen molar-refractivity contribution in [3.8, 4) is 0 Å². The molecule has 1 N–H and O–H groups in total. The molecule has 1 amide bonds. The first-order valence-electron chi connectivity index (χ1n) is 6.32. The number of aryl methyl sites for hydroxylation is 1. The number of nitrogens with one attached hydrogen (secondary N) is 1. The Kier molecular flexibility index (Phi) is 2.78. The van der Waals surface area contributed by atoms with Gasteiger partial charge >= 0.3 is 0 Å². The van der Waals surface area contributed by atoms with Gasteiger partial charge in [-0.05, 0) is 31.0 Å². The van der Waals surface area contributed by atoms with Gasteiger partial charge in [-0.15, -0.1) is 0 Å². The van der Waals surface area contributed by atoms with E-state index in [0.717, 1.165) is 16.9 Å². The van der Waals surface area contributed by atoms with Crippen LogP contribution in [0.1, 0.15) is 12.0 Å². The van der Waals surface area contributed by atoms with E-state index in [-0.39, 0.29) is 30.0 Å². The molecule has 1 fully saturated rings. The maximum Gasteiger partial charge on any atom is 0.243 e. The number of rotatable bonds is 1. The van der Waals surface area contributed by atoms with Crippen molar-refractivity contribution in [1.82, 2.24) is 0 Å². The number of hydrogen-bond acceptors (Lipinski definition) is 4. The second-order valence-corrected chi connectivity index (χ2v) is 7.48. The lowest BCUT2D eigenvalue weighted by Gasteiger charge is -2.35. The van der Waals surface area contributed by atoms with E-state index < -0.39 is 9.84 Å². The molecule has 0 spiro atoms. The van der Waals surface area contributed by atoms with Gasteiger partial charge in [0, 0.05) is 6.04 Å². The number of nitrogens with zero attached hydrogens (tertiary/aromatic N) is 1. The van der Waals surface area contributed by atoms with Crippen LogP contribution in [-0.2, 0) is 14.6 Å². The fourth-order valence-corrected chi connectivity index (χ4v) is 4.49. The van der Waals surface area contributed by atoms with Crippen LogP contribution in [0.3, 0.4) is 0 Å². The molecule has 0 aliphatic carbocycles. The molecule has 1 aromatic carbocycles. The van der Waals surface area contributed by atoms with Gasteiger partial charge in [-0.25, -0.2) is 8.42 Å². The Hall–Kier alpha value is -1.56. The van der Waals surface area contributed by atoms with E-state index in [1.165, 1.54) is 0 Å². The fraction of sp³-hybridized carbons (Fsp3) is 0.462. The van der Waals surface area contributed by atoms with Crippen molar-refractivity contribution in [3.63, 3.8) is 0 Å². The van der Waals surface area contributed by atoms with Crippen LogP contribution in [0.2, 0.25) is 0 Å². The van der Waals surface area contributed by atoms with Crippen LogP contribution in [0, 0.1) is 6.92 Å². The summed E-state index contributed by atoms with van der Waals surface area (Å²) in [7, 11) is -2.95. The van der Waals surface area contributed by atoms with Gasteiger partial charge in [-0.2, -0.15) is 0 Å². The first kappa shape index (κ1) is 12.5. The lowest BCUT2D eigenvalue weighted by molar-refractivity contribution is -0.115.